The lowest BCUT2D eigenvalue weighted by Crippen LogP contribution is -1.94. The molecular formula is C11H9Cl2N3. The van der Waals surface area contributed by atoms with Crippen molar-refractivity contribution in [3.63, 3.8) is 0 Å². The maximum atomic E-state index is 5.88. The fraction of sp³-hybridized carbons (Fsp3) is 0. The largest absolute Gasteiger partial charge is 0.397 e. The number of anilines is 3. The van der Waals surface area contributed by atoms with Crippen molar-refractivity contribution in [2.24, 2.45) is 0 Å². The second-order valence-corrected chi connectivity index (χ2v) is 4.13. The molecule has 3 N–H and O–H groups in total. The Morgan fingerprint density at radius 1 is 1.06 bits per heavy atom. The summed E-state index contributed by atoms with van der Waals surface area (Å²) in [5.41, 5.74) is 6.94. The molecule has 0 unspecified atom stereocenters. The topological polar surface area (TPSA) is 50.9 Å². The summed E-state index contributed by atoms with van der Waals surface area (Å²) in [7, 11) is 0. The van der Waals surface area contributed by atoms with E-state index in [-0.39, 0.29) is 0 Å². The van der Waals surface area contributed by atoms with Gasteiger partial charge in [-0.2, -0.15) is 0 Å². The van der Waals surface area contributed by atoms with E-state index in [1.54, 1.807) is 36.5 Å². The minimum absolute atomic E-state index is 0.574. The second-order valence-electron chi connectivity index (χ2n) is 3.26. The van der Waals surface area contributed by atoms with E-state index < -0.39 is 0 Å². The molecule has 0 saturated carbocycles. The van der Waals surface area contributed by atoms with Crippen LogP contribution in [0.4, 0.5) is 17.2 Å². The third-order valence-corrected chi connectivity index (χ3v) is 2.36. The number of nitrogens with two attached hydrogens (primary N) is 1. The Morgan fingerprint density at radius 3 is 2.31 bits per heavy atom. The Bertz CT molecular complexity index is 477. The lowest BCUT2D eigenvalue weighted by Gasteiger charge is -2.06. The van der Waals surface area contributed by atoms with Gasteiger partial charge in [0.25, 0.3) is 0 Å². The first kappa shape index (κ1) is 11.0. The molecule has 2 rings (SSSR count). The summed E-state index contributed by atoms with van der Waals surface area (Å²) in [6.07, 6.45) is 1.58. The molecule has 2 aromatic rings. The number of hydrogen-bond donors (Lipinski definition) is 2. The molecule has 0 bridgehead atoms. The van der Waals surface area contributed by atoms with Crippen LogP contribution in [-0.2, 0) is 0 Å². The van der Waals surface area contributed by atoms with Crippen LogP contribution >= 0.6 is 23.2 Å². The molecule has 3 nitrogen and oxygen atoms in total. The van der Waals surface area contributed by atoms with Crippen LogP contribution in [0.5, 0.6) is 0 Å². The summed E-state index contributed by atoms with van der Waals surface area (Å²) in [6, 6.07) is 8.76. The zero-order chi connectivity index (χ0) is 11.5. The van der Waals surface area contributed by atoms with Crippen molar-refractivity contribution in [3.05, 3.63) is 46.6 Å². The lowest BCUT2D eigenvalue weighted by molar-refractivity contribution is 1.31. The Labute approximate surface area is 103 Å². The van der Waals surface area contributed by atoms with Gasteiger partial charge in [-0.3, -0.25) is 0 Å². The van der Waals surface area contributed by atoms with Crippen LogP contribution in [0.1, 0.15) is 0 Å². The van der Waals surface area contributed by atoms with Gasteiger partial charge in [0.05, 0.1) is 11.9 Å². The summed E-state index contributed by atoms with van der Waals surface area (Å²) in [4.78, 5) is 4.11. The summed E-state index contributed by atoms with van der Waals surface area (Å²) in [5.74, 6) is 0.688. The first-order valence-electron chi connectivity index (χ1n) is 4.58. The standard InChI is InChI=1S/C11H9Cl2N3/c12-7-3-8(13)5-10(4-7)16-11-2-1-9(14)6-15-11/h1-6H,14H2,(H,15,16). The molecule has 0 amide bonds. The van der Waals surface area contributed by atoms with Gasteiger partial charge in [0.15, 0.2) is 0 Å². The number of pyridine rings is 1. The van der Waals surface area contributed by atoms with Crippen molar-refractivity contribution < 1.29 is 0 Å². The second kappa shape index (κ2) is 4.60. The molecule has 0 aliphatic heterocycles. The minimum Gasteiger partial charge on any atom is -0.397 e. The molecule has 1 aromatic carbocycles. The van der Waals surface area contributed by atoms with E-state index in [2.05, 4.69) is 10.3 Å². The summed E-state index contributed by atoms with van der Waals surface area (Å²) >= 11 is 11.8. The highest BCUT2D eigenvalue weighted by Crippen LogP contribution is 2.24. The highest BCUT2D eigenvalue weighted by atomic mass is 35.5. The van der Waals surface area contributed by atoms with Crippen molar-refractivity contribution >= 4 is 40.4 Å². The fourth-order valence-corrected chi connectivity index (χ4v) is 1.78. The van der Waals surface area contributed by atoms with E-state index in [1.807, 2.05) is 0 Å². The highest BCUT2D eigenvalue weighted by molar-refractivity contribution is 6.35. The number of nitrogen functional groups attached to an aromatic ring is 1. The molecule has 82 valence electrons. The number of benzene rings is 1. The smallest absolute Gasteiger partial charge is 0.130 e. The van der Waals surface area contributed by atoms with Crippen molar-refractivity contribution in [2.45, 2.75) is 0 Å². The van der Waals surface area contributed by atoms with Gasteiger partial charge in [0.2, 0.25) is 0 Å². The molecule has 0 aliphatic rings. The van der Waals surface area contributed by atoms with Crippen LogP contribution in [0.3, 0.4) is 0 Å². The molecule has 0 saturated heterocycles. The minimum atomic E-state index is 0.574. The molecule has 1 heterocycles. The van der Waals surface area contributed by atoms with Gasteiger partial charge in [0.1, 0.15) is 5.82 Å². The van der Waals surface area contributed by atoms with Crippen LogP contribution in [-0.4, -0.2) is 4.98 Å². The first-order chi connectivity index (χ1) is 7.63. The third-order valence-electron chi connectivity index (χ3n) is 1.92. The van der Waals surface area contributed by atoms with E-state index >= 15 is 0 Å². The molecular weight excluding hydrogens is 245 g/mol. The molecule has 0 spiro atoms. The maximum Gasteiger partial charge on any atom is 0.130 e. The van der Waals surface area contributed by atoms with E-state index in [4.69, 9.17) is 28.9 Å². The van der Waals surface area contributed by atoms with Crippen molar-refractivity contribution in [1.82, 2.24) is 4.98 Å². The van der Waals surface area contributed by atoms with Gasteiger partial charge < -0.3 is 11.1 Å². The zero-order valence-corrected chi connectivity index (χ0v) is 9.76. The number of nitrogens with one attached hydrogen (secondary N) is 1. The van der Waals surface area contributed by atoms with Crippen LogP contribution in [0.2, 0.25) is 10.0 Å². The van der Waals surface area contributed by atoms with Crippen LogP contribution < -0.4 is 11.1 Å². The fourth-order valence-electron chi connectivity index (χ4n) is 1.25. The maximum absolute atomic E-state index is 5.88. The molecule has 0 aliphatic carbocycles. The predicted molar refractivity (Wildman–Crippen MR) is 68.4 cm³/mol. The molecule has 0 radical (unpaired) electrons. The van der Waals surface area contributed by atoms with Crippen molar-refractivity contribution in [2.75, 3.05) is 11.1 Å². The van der Waals surface area contributed by atoms with Gasteiger partial charge in [-0.05, 0) is 30.3 Å². The highest BCUT2D eigenvalue weighted by Gasteiger charge is 1.99. The Morgan fingerprint density at radius 2 is 1.75 bits per heavy atom. The third kappa shape index (κ3) is 2.78. The summed E-state index contributed by atoms with van der Waals surface area (Å²) < 4.78 is 0. The first-order valence-corrected chi connectivity index (χ1v) is 5.34. The number of halogens is 2. The molecule has 0 atom stereocenters. The van der Waals surface area contributed by atoms with Crippen molar-refractivity contribution in [3.8, 4) is 0 Å². The number of hydrogen-bond acceptors (Lipinski definition) is 3. The quantitative estimate of drug-likeness (QED) is 0.858. The molecule has 5 heteroatoms. The van der Waals surface area contributed by atoms with E-state index in [9.17, 15) is 0 Å². The SMILES string of the molecule is Nc1ccc(Nc2cc(Cl)cc(Cl)c2)nc1. The Hall–Kier alpha value is -1.45. The zero-order valence-electron chi connectivity index (χ0n) is 8.24. The summed E-state index contributed by atoms with van der Waals surface area (Å²) in [5, 5.41) is 4.23. The van der Waals surface area contributed by atoms with Gasteiger partial charge >= 0.3 is 0 Å². The van der Waals surface area contributed by atoms with E-state index in [0.717, 1.165) is 5.69 Å². The van der Waals surface area contributed by atoms with Crippen LogP contribution in [0, 0.1) is 0 Å². The summed E-state index contributed by atoms with van der Waals surface area (Å²) in [6.45, 7) is 0. The van der Waals surface area contributed by atoms with Gasteiger partial charge in [0, 0.05) is 15.7 Å². The lowest BCUT2D eigenvalue weighted by atomic mass is 10.3. The Balaban J connectivity index is 2.23. The van der Waals surface area contributed by atoms with Gasteiger partial charge in [-0.1, -0.05) is 23.2 Å². The average Bonchev–Trinajstić information content (AvgIpc) is 2.20. The molecule has 16 heavy (non-hydrogen) atoms. The molecule has 1 aromatic heterocycles. The van der Waals surface area contributed by atoms with E-state index in [0.29, 0.717) is 21.6 Å². The van der Waals surface area contributed by atoms with Crippen molar-refractivity contribution in [1.29, 1.82) is 0 Å². The molecule has 0 fully saturated rings. The normalized spacial score (nSPS) is 10.1. The average molecular weight is 254 g/mol. The van der Waals surface area contributed by atoms with Crippen LogP contribution in [0.15, 0.2) is 36.5 Å². The monoisotopic (exact) mass is 253 g/mol. The van der Waals surface area contributed by atoms with E-state index in [1.165, 1.54) is 0 Å². The number of aromatic nitrogens is 1. The Kier molecular flexibility index (Phi) is 3.17. The number of rotatable bonds is 2. The number of nitrogens with zero attached hydrogens (tertiary/aromatic N) is 1. The predicted octanol–water partition coefficient (Wildman–Crippen LogP) is 3.71. The van der Waals surface area contributed by atoms with Gasteiger partial charge in [-0.25, -0.2) is 4.98 Å². The van der Waals surface area contributed by atoms with Crippen LogP contribution in [0.25, 0.3) is 0 Å². The van der Waals surface area contributed by atoms with Gasteiger partial charge in [-0.15, -0.1) is 0 Å².